The Morgan fingerprint density at radius 1 is 1.82 bits per heavy atom. The molecule has 0 bridgehead atoms. The van der Waals surface area contributed by atoms with Gasteiger partial charge in [-0.2, -0.15) is 0 Å². The van der Waals surface area contributed by atoms with E-state index in [4.69, 9.17) is 10.8 Å². The molecule has 3 N–H and O–H groups in total. The smallest absolute Gasteiger partial charge is 0.321 e. The minimum Gasteiger partial charge on any atom is -0.480 e. The molecule has 0 amide bonds. The third-order valence-electron chi connectivity index (χ3n) is 1.97. The lowest BCUT2D eigenvalue weighted by Gasteiger charge is -2.17. The number of carboxylic acids is 1. The van der Waals surface area contributed by atoms with Crippen molar-refractivity contribution in [3.63, 3.8) is 0 Å². The van der Waals surface area contributed by atoms with Crippen molar-refractivity contribution in [3.05, 3.63) is 0 Å². The molecular formula is C7H14N2O2. The van der Waals surface area contributed by atoms with E-state index in [0.29, 0.717) is 12.6 Å². The molecule has 0 aliphatic heterocycles. The Hall–Kier alpha value is -0.610. The molecule has 1 unspecified atom stereocenters. The van der Waals surface area contributed by atoms with Gasteiger partial charge < -0.3 is 15.7 Å². The Kier molecular flexibility index (Phi) is 2.46. The fraction of sp³-hybridized carbons (Fsp3) is 0.857. The fourth-order valence-corrected chi connectivity index (χ4v) is 1.05. The molecule has 1 aliphatic carbocycles. The number of hydrogen-bond acceptors (Lipinski definition) is 3. The van der Waals surface area contributed by atoms with Crippen LogP contribution in [0.15, 0.2) is 0 Å². The van der Waals surface area contributed by atoms with E-state index in [2.05, 4.69) is 0 Å². The van der Waals surface area contributed by atoms with Crippen LogP contribution in [0.1, 0.15) is 12.8 Å². The van der Waals surface area contributed by atoms with Crippen LogP contribution >= 0.6 is 0 Å². The standard InChI is InChI=1S/C7H14N2O2/c1-9(5-2-3-5)4-6(8)7(10)11/h5-6H,2-4,8H2,1H3,(H,10,11). The highest BCUT2D eigenvalue weighted by Crippen LogP contribution is 2.24. The van der Waals surface area contributed by atoms with Crippen molar-refractivity contribution in [2.45, 2.75) is 24.9 Å². The van der Waals surface area contributed by atoms with Crippen LogP contribution in [-0.2, 0) is 4.79 Å². The number of aliphatic carboxylic acids is 1. The first-order chi connectivity index (χ1) is 5.11. The van der Waals surface area contributed by atoms with Gasteiger partial charge in [0.2, 0.25) is 0 Å². The van der Waals surface area contributed by atoms with Gasteiger partial charge in [0.25, 0.3) is 0 Å². The molecule has 1 atom stereocenters. The number of nitrogens with two attached hydrogens (primary N) is 1. The number of nitrogens with zero attached hydrogens (tertiary/aromatic N) is 1. The van der Waals surface area contributed by atoms with Gasteiger partial charge in [0, 0.05) is 12.6 Å². The lowest BCUT2D eigenvalue weighted by molar-refractivity contribution is -0.138. The summed E-state index contributed by atoms with van der Waals surface area (Å²) in [6, 6.07) is -0.152. The fourth-order valence-electron chi connectivity index (χ4n) is 1.05. The molecule has 0 heterocycles. The zero-order valence-electron chi connectivity index (χ0n) is 6.66. The van der Waals surface area contributed by atoms with Gasteiger partial charge >= 0.3 is 5.97 Å². The Labute approximate surface area is 66.0 Å². The molecule has 11 heavy (non-hydrogen) atoms. The van der Waals surface area contributed by atoms with Gasteiger partial charge in [-0.25, -0.2) is 0 Å². The molecule has 0 radical (unpaired) electrons. The predicted molar refractivity (Wildman–Crippen MR) is 41.3 cm³/mol. The number of carbonyl (C=O) groups is 1. The number of carboxylic acid groups (broad SMARTS) is 1. The maximum Gasteiger partial charge on any atom is 0.321 e. The lowest BCUT2D eigenvalue weighted by atomic mass is 10.3. The monoisotopic (exact) mass is 158 g/mol. The Bertz CT molecular complexity index is 157. The molecule has 0 spiro atoms. The van der Waals surface area contributed by atoms with Crippen LogP contribution in [0.3, 0.4) is 0 Å². The zero-order chi connectivity index (χ0) is 8.43. The zero-order valence-corrected chi connectivity index (χ0v) is 6.66. The van der Waals surface area contributed by atoms with Gasteiger partial charge in [-0.05, 0) is 19.9 Å². The molecule has 4 nitrogen and oxygen atoms in total. The molecule has 0 saturated heterocycles. The molecule has 0 aromatic carbocycles. The maximum atomic E-state index is 10.3. The van der Waals surface area contributed by atoms with Crippen molar-refractivity contribution in [1.29, 1.82) is 0 Å². The summed E-state index contributed by atoms with van der Waals surface area (Å²) in [5, 5.41) is 8.48. The van der Waals surface area contributed by atoms with Gasteiger partial charge in [-0.3, -0.25) is 4.79 Å². The Morgan fingerprint density at radius 3 is 2.73 bits per heavy atom. The summed E-state index contributed by atoms with van der Waals surface area (Å²) in [6.45, 7) is 0.458. The van der Waals surface area contributed by atoms with Crippen molar-refractivity contribution < 1.29 is 9.90 Å². The molecule has 1 fully saturated rings. The highest BCUT2D eigenvalue weighted by molar-refractivity contribution is 5.73. The predicted octanol–water partition coefficient (Wildman–Crippen LogP) is -0.507. The minimum absolute atomic E-state index is 0.458. The minimum atomic E-state index is -0.919. The van der Waals surface area contributed by atoms with Crippen LogP contribution < -0.4 is 5.73 Å². The van der Waals surface area contributed by atoms with Crippen LogP contribution in [0.5, 0.6) is 0 Å². The molecule has 0 aromatic rings. The molecule has 0 aromatic heterocycles. The van der Waals surface area contributed by atoms with Gasteiger partial charge in [0.05, 0.1) is 0 Å². The van der Waals surface area contributed by atoms with Crippen molar-refractivity contribution in [2.75, 3.05) is 13.6 Å². The topological polar surface area (TPSA) is 66.6 Å². The second-order valence-electron chi connectivity index (χ2n) is 3.12. The molecule has 1 saturated carbocycles. The third kappa shape index (κ3) is 2.48. The summed E-state index contributed by atoms with van der Waals surface area (Å²) in [4.78, 5) is 12.3. The van der Waals surface area contributed by atoms with Crippen LogP contribution in [0.25, 0.3) is 0 Å². The summed E-state index contributed by atoms with van der Waals surface area (Å²) < 4.78 is 0. The molecule has 64 valence electrons. The van der Waals surface area contributed by atoms with Crippen molar-refractivity contribution >= 4 is 5.97 Å². The largest absolute Gasteiger partial charge is 0.480 e. The van der Waals surface area contributed by atoms with Gasteiger partial charge in [0.1, 0.15) is 6.04 Å². The second-order valence-corrected chi connectivity index (χ2v) is 3.12. The van der Waals surface area contributed by atoms with Crippen molar-refractivity contribution in [3.8, 4) is 0 Å². The molecule has 1 rings (SSSR count). The normalized spacial score (nSPS) is 20.3. The maximum absolute atomic E-state index is 10.3. The van der Waals surface area contributed by atoms with E-state index in [1.807, 2.05) is 11.9 Å². The summed E-state index contributed by atoms with van der Waals surface area (Å²) >= 11 is 0. The van der Waals surface area contributed by atoms with E-state index < -0.39 is 12.0 Å². The SMILES string of the molecule is CN(CC(N)C(=O)O)C1CC1. The molecule has 1 aliphatic rings. The first-order valence-corrected chi connectivity index (χ1v) is 3.80. The first-order valence-electron chi connectivity index (χ1n) is 3.80. The van der Waals surface area contributed by atoms with Gasteiger partial charge in [0.15, 0.2) is 0 Å². The van der Waals surface area contributed by atoms with E-state index in [1.165, 1.54) is 12.8 Å². The van der Waals surface area contributed by atoms with Crippen LogP contribution in [0.2, 0.25) is 0 Å². The van der Waals surface area contributed by atoms with E-state index in [9.17, 15) is 4.79 Å². The first kappa shape index (κ1) is 8.49. The molecular weight excluding hydrogens is 144 g/mol. The summed E-state index contributed by atoms with van der Waals surface area (Å²) in [5.74, 6) is -0.919. The summed E-state index contributed by atoms with van der Waals surface area (Å²) in [6.07, 6.45) is 2.37. The van der Waals surface area contributed by atoms with Crippen LogP contribution in [0, 0.1) is 0 Å². The number of likely N-dealkylation sites (N-methyl/N-ethyl adjacent to an activating group) is 1. The van der Waals surface area contributed by atoms with Crippen LogP contribution in [-0.4, -0.2) is 41.7 Å². The quantitative estimate of drug-likeness (QED) is 0.578. The number of rotatable bonds is 4. The third-order valence-corrected chi connectivity index (χ3v) is 1.97. The second kappa shape index (κ2) is 3.19. The summed E-state index contributed by atoms with van der Waals surface area (Å²) in [7, 11) is 1.92. The molecule has 4 heteroatoms. The highest BCUT2D eigenvalue weighted by atomic mass is 16.4. The van der Waals surface area contributed by atoms with E-state index in [0.717, 1.165) is 0 Å². The number of hydrogen-bond donors (Lipinski definition) is 2. The van der Waals surface area contributed by atoms with Crippen molar-refractivity contribution in [2.24, 2.45) is 5.73 Å². The van der Waals surface area contributed by atoms with E-state index in [1.54, 1.807) is 0 Å². The lowest BCUT2D eigenvalue weighted by Crippen LogP contribution is -2.41. The summed E-state index contributed by atoms with van der Waals surface area (Å²) in [5.41, 5.74) is 5.34. The van der Waals surface area contributed by atoms with Crippen molar-refractivity contribution in [1.82, 2.24) is 4.90 Å². The van der Waals surface area contributed by atoms with E-state index in [-0.39, 0.29) is 0 Å². The van der Waals surface area contributed by atoms with E-state index >= 15 is 0 Å². The van der Waals surface area contributed by atoms with Gasteiger partial charge in [-0.1, -0.05) is 0 Å². The Morgan fingerprint density at radius 2 is 2.36 bits per heavy atom. The average Bonchev–Trinajstić information content (AvgIpc) is 2.67. The van der Waals surface area contributed by atoms with Crippen LogP contribution in [0.4, 0.5) is 0 Å². The average molecular weight is 158 g/mol. The Balaban J connectivity index is 2.22. The van der Waals surface area contributed by atoms with Gasteiger partial charge in [-0.15, -0.1) is 0 Å². The highest BCUT2D eigenvalue weighted by Gasteiger charge is 2.28.